The van der Waals surface area contributed by atoms with Crippen molar-refractivity contribution in [2.24, 2.45) is 0 Å². The second-order valence-corrected chi connectivity index (χ2v) is 4.41. The number of ether oxygens (including phenoxy) is 1. The van der Waals surface area contributed by atoms with Crippen LogP contribution >= 0.6 is 0 Å². The molecule has 0 atom stereocenters. The second-order valence-electron chi connectivity index (χ2n) is 4.41. The van der Waals surface area contributed by atoms with Gasteiger partial charge in [0.05, 0.1) is 5.56 Å². The topological polar surface area (TPSA) is 29.5 Å². The van der Waals surface area contributed by atoms with Crippen LogP contribution in [0.2, 0.25) is 0 Å². The monoisotopic (exact) mass is 303 g/mol. The van der Waals surface area contributed by atoms with E-state index in [4.69, 9.17) is 0 Å². The Kier molecular flexibility index (Phi) is 5.25. The van der Waals surface area contributed by atoms with Gasteiger partial charge >= 0.3 is 6.61 Å². The maximum atomic E-state index is 12.7. The highest BCUT2D eigenvalue weighted by molar-refractivity contribution is 6.08. The Balaban J connectivity index is 2.38. The normalized spacial score (nSPS) is 10.3. The minimum Gasteiger partial charge on any atom is -0.434 e. The van der Waals surface area contributed by atoms with E-state index in [0.717, 1.165) is 0 Å². The number of para-hydroxylation sites is 2. The van der Waals surface area contributed by atoms with Crippen molar-refractivity contribution in [3.63, 3.8) is 0 Å². The number of carbonyl (C=O) groups is 1. The molecule has 0 aromatic heterocycles. The lowest BCUT2D eigenvalue weighted by Gasteiger charge is -2.22. The van der Waals surface area contributed by atoms with Crippen LogP contribution in [0.3, 0.4) is 0 Å². The van der Waals surface area contributed by atoms with Gasteiger partial charge in [-0.2, -0.15) is 8.78 Å². The molecule has 0 radical (unpaired) electrons. The fourth-order valence-electron chi connectivity index (χ4n) is 2.03. The van der Waals surface area contributed by atoms with E-state index < -0.39 is 12.5 Å². The van der Waals surface area contributed by atoms with Gasteiger partial charge in [-0.25, -0.2) is 0 Å². The third-order valence-electron chi connectivity index (χ3n) is 2.96. The molecule has 2 aromatic rings. The average molecular weight is 303 g/mol. The molecule has 1 amide bonds. The van der Waals surface area contributed by atoms with Crippen LogP contribution < -0.4 is 9.64 Å². The van der Waals surface area contributed by atoms with E-state index in [1.54, 1.807) is 36.4 Å². The number of rotatable bonds is 6. The van der Waals surface area contributed by atoms with E-state index in [-0.39, 0.29) is 17.9 Å². The molecule has 0 heterocycles. The molecule has 0 aliphatic heterocycles. The molecule has 2 aromatic carbocycles. The molecule has 0 bridgehead atoms. The van der Waals surface area contributed by atoms with Gasteiger partial charge in [0.2, 0.25) is 0 Å². The second kappa shape index (κ2) is 7.36. The van der Waals surface area contributed by atoms with E-state index in [2.05, 4.69) is 11.3 Å². The number of hydrogen-bond donors (Lipinski definition) is 0. The van der Waals surface area contributed by atoms with E-state index in [1.165, 1.54) is 23.1 Å². The van der Waals surface area contributed by atoms with Crippen molar-refractivity contribution in [3.8, 4) is 5.75 Å². The minimum absolute atomic E-state index is 0.0773. The van der Waals surface area contributed by atoms with Crippen LogP contribution in [0, 0.1) is 0 Å². The summed E-state index contributed by atoms with van der Waals surface area (Å²) in [7, 11) is 0. The lowest BCUT2D eigenvalue weighted by molar-refractivity contribution is -0.0501. The van der Waals surface area contributed by atoms with Gasteiger partial charge in [-0.3, -0.25) is 4.79 Å². The predicted octanol–water partition coefficient (Wildman–Crippen LogP) is 4.12. The molecule has 3 nitrogen and oxygen atoms in total. The summed E-state index contributed by atoms with van der Waals surface area (Å²) in [6.45, 7) is 0.896. The van der Waals surface area contributed by atoms with Crippen LogP contribution in [-0.2, 0) is 0 Å². The summed E-state index contributed by atoms with van der Waals surface area (Å²) in [4.78, 5) is 14.1. The summed E-state index contributed by atoms with van der Waals surface area (Å²) in [5.41, 5.74) is 0.729. The number of carbonyl (C=O) groups excluding carboxylic acids is 1. The van der Waals surface area contributed by atoms with Crippen molar-refractivity contribution < 1.29 is 18.3 Å². The predicted molar refractivity (Wildman–Crippen MR) is 81.4 cm³/mol. The molecule has 0 aliphatic carbocycles. The Labute approximate surface area is 127 Å². The van der Waals surface area contributed by atoms with Crippen LogP contribution in [0.4, 0.5) is 14.5 Å². The highest BCUT2D eigenvalue weighted by Gasteiger charge is 2.21. The van der Waals surface area contributed by atoms with Crippen molar-refractivity contribution in [1.82, 2.24) is 0 Å². The molecular weight excluding hydrogens is 288 g/mol. The Morgan fingerprint density at radius 1 is 1.14 bits per heavy atom. The van der Waals surface area contributed by atoms with E-state index in [0.29, 0.717) is 5.69 Å². The molecule has 114 valence electrons. The van der Waals surface area contributed by atoms with Crippen molar-refractivity contribution in [2.45, 2.75) is 6.61 Å². The SMILES string of the molecule is C=CCN(C(=O)c1ccccc1OC(F)F)c1ccccc1. The standard InChI is InChI=1S/C17H15F2NO2/c1-2-12-20(13-8-4-3-5-9-13)16(21)14-10-6-7-11-15(14)22-17(18)19/h2-11,17H,1,12H2. The van der Waals surface area contributed by atoms with Crippen LogP contribution in [-0.4, -0.2) is 19.1 Å². The van der Waals surface area contributed by atoms with Crippen LogP contribution in [0.1, 0.15) is 10.4 Å². The smallest absolute Gasteiger partial charge is 0.387 e. The van der Waals surface area contributed by atoms with Crippen LogP contribution in [0.15, 0.2) is 67.3 Å². The molecule has 0 aliphatic rings. The molecule has 22 heavy (non-hydrogen) atoms. The zero-order chi connectivity index (χ0) is 15.9. The zero-order valence-electron chi connectivity index (χ0n) is 11.8. The van der Waals surface area contributed by atoms with Gasteiger partial charge in [0, 0.05) is 12.2 Å². The molecule has 0 N–H and O–H groups in total. The number of anilines is 1. The molecule has 0 saturated heterocycles. The van der Waals surface area contributed by atoms with Crippen molar-refractivity contribution >= 4 is 11.6 Å². The summed E-state index contributed by atoms with van der Waals surface area (Å²) in [6.07, 6.45) is 1.57. The Hall–Kier alpha value is -2.69. The van der Waals surface area contributed by atoms with Gasteiger partial charge in [-0.05, 0) is 24.3 Å². The lowest BCUT2D eigenvalue weighted by Crippen LogP contribution is -2.31. The number of benzene rings is 2. The third kappa shape index (κ3) is 3.69. The first-order valence-corrected chi connectivity index (χ1v) is 6.65. The fraction of sp³-hybridized carbons (Fsp3) is 0.118. The maximum absolute atomic E-state index is 12.7. The van der Waals surface area contributed by atoms with E-state index in [1.807, 2.05) is 6.07 Å². The van der Waals surface area contributed by atoms with Gasteiger partial charge in [0.25, 0.3) is 5.91 Å². The largest absolute Gasteiger partial charge is 0.434 e. The quantitative estimate of drug-likeness (QED) is 0.751. The van der Waals surface area contributed by atoms with Gasteiger partial charge in [0.15, 0.2) is 0 Å². The number of hydrogen-bond acceptors (Lipinski definition) is 2. The molecule has 0 fully saturated rings. The van der Waals surface area contributed by atoms with Gasteiger partial charge < -0.3 is 9.64 Å². The van der Waals surface area contributed by atoms with Crippen LogP contribution in [0.25, 0.3) is 0 Å². The van der Waals surface area contributed by atoms with Crippen molar-refractivity contribution in [3.05, 3.63) is 72.8 Å². The van der Waals surface area contributed by atoms with Gasteiger partial charge in [-0.1, -0.05) is 36.4 Å². The lowest BCUT2D eigenvalue weighted by atomic mass is 10.1. The summed E-state index contributed by atoms with van der Waals surface area (Å²) in [6, 6.07) is 14.9. The molecular formula is C17H15F2NO2. The van der Waals surface area contributed by atoms with E-state index >= 15 is 0 Å². The Morgan fingerprint density at radius 2 is 1.77 bits per heavy atom. The van der Waals surface area contributed by atoms with Crippen molar-refractivity contribution in [1.29, 1.82) is 0 Å². The number of nitrogens with zero attached hydrogens (tertiary/aromatic N) is 1. The molecule has 2 rings (SSSR count). The molecule has 0 saturated carbocycles. The maximum Gasteiger partial charge on any atom is 0.387 e. The first-order valence-electron chi connectivity index (χ1n) is 6.65. The Morgan fingerprint density at radius 3 is 2.41 bits per heavy atom. The number of alkyl halides is 2. The van der Waals surface area contributed by atoms with Gasteiger partial charge in [-0.15, -0.1) is 6.58 Å². The molecule has 0 spiro atoms. The number of amides is 1. The van der Waals surface area contributed by atoms with Crippen molar-refractivity contribution in [2.75, 3.05) is 11.4 Å². The minimum atomic E-state index is -2.99. The van der Waals surface area contributed by atoms with E-state index in [9.17, 15) is 13.6 Å². The highest BCUT2D eigenvalue weighted by Crippen LogP contribution is 2.24. The summed E-state index contributed by atoms with van der Waals surface area (Å²) in [5, 5.41) is 0. The zero-order valence-corrected chi connectivity index (χ0v) is 11.8. The first-order chi connectivity index (χ1) is 10.6. The Bertz CT molecular complexity index is 644. The fourth-order valence-corrected chi connectivity index (χ4v) is 2.03. The summed E-state index contributed by atoms with van der Waals surface area (Å²) >= 11 is 0. The molecule has 0 unspecified atom stereocenters. The average Bonchev–Trinajstić information content (AvgIpc) is 2.53. The molecule has 5 heteroatoms. The number of halogens is 2. The summed E-state index contributed by atoms with van der Waals surface area (Å²) in [5.74, 6) is -0.574. The highest BCUT2D eigenvalue weighted by atomic mass is 19.3. The first kappa shape index (κ1) is 15.7. The summed E-state index contributed by atoms with van der Waals surface area (Å²) < 4.78 is 29.4. The van der Waals surface area contributed by atoms with Crippen LogP contribution in [0.5, 0.6) is 5.75 Å². The van der Waals surface area contributed by atoms with Gasteiger partial charge in [0.1, 0.15) is 5.75 Å². The third-order valence-corrected chi connectivity index (χ3v) is 2.96.